The smallest absolute Gasteiger partial charge is 0.407 e. The monoisotopic (exact) mass is 283 g/mol. The van der Waals surface area contributed by atoms with Gasteiger partial charge in [-0.1, -0.05) is 23.8 Å². The minimum absolute atomic E-state index is 0.343. The molecule has 0 radical (unpaired) electrons. The highest BCUT2D eigenvalue weighted by Crippen LogP contribution is 2.17. The molecule has 0 fully saturated rings. The van der Waals surface area contributed by atoms with E-state index < -0.39 is 11.7 Å². The fraction of sp³-hybridized carbons (Fsp3) is 0.385. The molecule has 0 aliphatic rings. The maximum atomic E-state index is 11.4. The number of aromatic nitrogens is 1. The van der Waals surface area contributed by atoms with Crippen LogP contribution in [0.5, 0.6) is 0 Å². The second-order valence-corrected chi connectivity index (χ2v) is 5.32. The molecule has 0 atom stereocenters. The maximum absolute atomic E-state index is 11.4. The highest BCUT2D eigenvalue weighted by atomic mass is 35.5. The first-order valence-corrected chi connectivity index (χ1v) is 6.20. The molecule has 19 heavy (non-hydrogen) atoms. The van der Waals surface area contributed by atoms with E-state index in [-0.39, 0.29) is 0 Å². The van der Waals surface area contributed by atoms with Crippen LogP contribution in [0, 0.1) is 0 Å². The van der Waals surface area contributed by atoms with E-state index in [0.717, 1.165) is 5.56 Å². The van der Waals surface area contributed by atoms with E-state index in [0.29, 0.717) is 17.4 Å². The van der Waals surface area contributed by atoms with Crippen LogP contribution in [0.1, 0.15) is 26.3 Å². The number of nitrogens with two attached hydrogens (primary N) is 1. The molecular formula is C13H18ClN3O2. The van der Waals surface area contributed by atoms with Crippen molar-refractivity contribution in [1.29, 1.82) is 0 Å². The van der Waals surface area contributed by atoms with Crippen LogP contribution in [0.15, 0.2) is 18.3 Å². The third-order valence-electron chi connectivity index (χ3n) is 1.96. The van der Waals surface area contributed by atoms with Gasteiger partial charge in [-0.2, -0.15) is 0 Å². The van der Waals surface area contributed by atoms with Crippen LogP contribution in [0.4, 0.5) is 10.6 Å². The largest absolute Gasteiger partial charge is 0.444 e. The number of ether oxygens (including phenoxy) is 1. The van der Waals surface area contributed by atoms with Gasteiger partial charge in [0.15, 0.2) is 0 Å². The van der Waals surface area contributed by atoms with Gasteiger partial charge in [0.25, 0.3) is 0 Å². The number of alkyl carbamates (subject to hydrolysis) is 1. The topological polar surface area (TPSA) is 77.2 Å². The van der Waals surface area contributed by atoms with Crippen LogP contribution in [-0.2, 0) is 4.74 Å². The molecule has 0 spiro atoms. The molecule has 0 aliphatic carbocycles. The second kappa shape index (κ2) is 6.43. The lowest BCUT2D eigenvalue weighted by molar-refractivity contribution is 0.0534. The van der Waals surface area contributed by atoms with Crippen molar-refractivity contribution in [1.82, 2.24) is 10.3 Å². The van der Waals surface area contributed by atoms with Crippen molar-refractivity contribution in [2.45, 2.75) is 26.4 Å². The van der Waals surface area contributed by atoms with Crippen LogP contribution in [0.2, 0.25) is 5.02 Å². The number of nitrogens with zero attached hydrogens (tertiary/aromatic N) is 1. The van der Waals surface area contributed by atoms with Crippen molar-refractivity contribution in [2.75, 3.05) is 12.3 Å². The lowest BCUT2D eigenvalue weighted by Gasteiger charge is -2.19. The first-order chi connectivity index (χ1) is 8.78. The van der Waals surface area contributed by atoms with Crippen molar-refractivity contribution >= 4 is 29.6 Å². The number of nitrogens with one attached hydrogen (secondary N) is 1. The molecule has 1 amide bonds. The molecule has 0 aromatic carbocycles. The highest BCUT2D eigenvalue weighted by Gasteiger charge is 2.14. The number of halogens is 1. The Morgan fingerprint density at radius 1 is 1.58 bits per heavy atom. The summed E-state index contributed by atoms with van der Waals surface area (Å²) in [4.78, 5) is 15.3. The first kappa shape index (κ1) is 15.3. The zero-order chi connectivity index (χ0) is 14.5. The van der Waals surface area contributed by atoms with E-state index in [9.17, 15) is 4.79 Å². The van der Waals surface area contributed by atoms with Crippen LogP contribution < -0.4 is 11.1 Å². The minimum atomic E-state index is -0.502. The summed E-state index contributed by atoms with van der Waals surface area (Å²) in [5.74, 6) is 0.369. The number of carbonyl (C=O) groups is 1. The standard InChI is InChI=1S/C13H18ClN3O2/c1-13(2,3)19-12(18)16-6-4-5-9-8-17-11(15)7-10(9)14/h4-5,7-8H,6H2,1-3H3,(H2,15,17)(H,16,18). The molecule has 0 saturated carbocycles. The fourth-order valence-electron chi connectivity index (χ4n) is 1.22. The van der Waals surface area contributed by atoms with E-state index in [1.165, 1.54) is 0 Å². The van der Waals surface area contributed by atoms with Gasteiger partial charge in [0.2, 0.25) is 0 Å². The summed E-state index contributed by atoms with van der Waals surface area (Å²) < 4.78 is 5.09. The number of hydrogen-bond donors (Lipinski definition) is 2. The molecule has 3 N–H and O–H groups in total. The Morgan fingerprint density at radius 2 is 2.26 bits per heavy atom. The van der Waals surface area contributed by atoms with Crippen LogP contribution in [0.25, 0.3) is 6.08 Å². The van der Waals surface area contributed by atoms with E-state index in [1.54, 1.807) is 24.4 Å². The van der Waals surface area contributed by atoms with Gasteiger partial charge in [0.05, 0.1) is 5.02 Å². The van der Waals surface area contributed by atoms with Crippen molar-refractivity contribution in [3.05, 3.63) is 28.9 Å². The summed E-state index contributed by atoms with van der Waals surface area (Å²) in [5, 5.41) is 3.12. The summed E-state index contributed by atoms with van der Waals surface area (Å²) in [7, 11) is 0. The van der Waals surface area contributed by atoms with E-state index >= 15 is 0 Å². The highest BCUT2D eigenvalue weighted by molar-refractivity contribution is 6.32. The average molecular weight is 284 g/mol. The number of rotatable bonds is 3. The van der Waals surface area contributed by atoms with E-state index in [1.807, 2.05) is 20.8 Å². The molecule has 1 aromatic rings. The molecule has 0 unspecified atom stereocenters. The summed E-state index contributed by atoms with van der Waals surface area (Å²) >= 11 is 5.97. The number of pyridine rings is 1. The third-order valence-corrected chi connectivity index (χ3v) is 2.29. The SMILES string of the molecule is CC(C)(C)OC(=O)NCC=Cc1cnc(N)cc1Cl. The molecule has 0 aliphatic heterocycles. The zero-order valence-corrected chi connectivity index (χ0v) is 12.0. The lowest BCUT2D eigenvalue weighted by atomic mass is 10.2. The number of amides is 1. The van der Waals surface area contributed by atoms with Gasteiger partial charge in [0.1, 0.15) is 11.4 Å². The zero-order valence-electron chi connectivity index (χ0n) is 11.2. The molecule has 1 aromatic heterocycles. The molecular weight excluding hydrogens is 266 g/mol. The Hall–Kier alpha value is -1.75. The van der Waals surface area contributed by atoms with Gasteiger partial charge in [-0.25, -0.2) is 9.78 Å². The van der Waals surface area contributed by atoms with Gasteiger partial charge >= 0.3 is 6.09 Å². The van der Waals surface area contributed by atoms with Gasteiger partial charge in [-0.15, -0.1) is 0 Å². The second-order valence-electron chi connectivity index (χ2n) is 4.92. The van der Waals surface area contributed by atoms with Crippen molar-refractivity contribution < 1.29 is 9.53 Å². The number of hydrogen-bond acceptors (Lipinski definition) is 4. The van der Waals surface area contributed by atoms with Crippen LogP contribution in [0.3, 0.4) is 0 Å². The maximum Gasteiger partial charge on any atom is 0.407 e. The Kier molecular flexibility index (Phi) is 5.18. The number of carbonyl (C=O) groups excluding carboxylic acids is 1. The van der Waals surface area contributed by atoms with Gasteiger partial charge in [-0.3, -0.25) is 0 Å². The lowest BCUT2D eigenvalue weighted by Crippen LogP contribution is -2.32. The summed E-state index contributed by atoms with van der Waals surface area (Å²) in [6, 6.07) is 1.57. The minimum Gasteiger partial charge on any atom is -0.444 e. The Balaban J connectivity index is 2.44. The molecule has 5 nitrogen and oxygen atoms in total. The molecule has 0 saturated heterocycles. The van der Waals surface area contributed by atoms with Gasteiger partial charge in [0, 0.05) is 18.3 Å². The Morgan fingerprint density at radius 3 is 2.84 bits per heavy atom. The number of nitrogen functional groups attached to an aromatic ring is 1. The predicted molar refractivity (Wildman–Crippen MR) is 76.9 cm³/mol. The van der Waals surface area contributed by atoms with Gasteiger partial charge in [-0.05, 0) is 26.8 Å². The van der Waals surface area contributed by atoms with Crippen molar-refractivity contribution in [3.8, 4) is 0 Å². The van der Waals surface area contributed by atoms with E-state index in [4.69, 9.17) is 22.1 Å². The molecule has 1 rings (SSSR count). The quantitative estimate of drug-likeness (QED) is 0.894. The van der Waals surface area contributed by atoms with Crippen LogP contribution in [-0.4, -0.2) is 23.2 Å². The van der Waals surface area contributed by atoms with Crippen molar-refractivity contribution in [3.63, 3.8) is 0 Å². The fourth-order valence-corrected chi connectivity index (χ4v) is 1.44. The molecule has 6 heteroatoms. The summed E-state index contributed by atoms with van der Waals surface area (Å²) in [5.41, 5.74) is 5.72. The average Bonchev–Trinajstić information content (AvgIpc) is 2.24. The third kappa shape index (κ3) is 6.10. The number of anilines is 1. The van der Waals surface area contributed by atoms with Gasteiger partial charge < -0.3 is 15.8 Å². The Labute approximate surface area is 117 Å². The predicted octanol–water partition coefficient (Wildman–Crippen LogP) is 2.86. The first-order valence-electron chi connectivity index (χ1n) is 5.82. The van der Waals surface area contributed by atoms with Crippen molar-refractivity contribution in [2.24, 2.45) is 0 Å². The normalized spacial score (nSPS) is 11.6. The summed E-state index contributed by atoms with van der Waals surface area (Å²) in [6.07, 6.45) is 4.62. The Bertz CT molecular complexity index is 481. The molecule has 104 valence electrons. The molecule has 1 heterocycles. The summed E-state index contributed by atoms with van der Waals surface area (Å²) in [6.45, 7) is 5.77. The van der Waals surface area contributed by atoms with Crippen LogP contribution >= 0.6 is 11.6 Å². The molecule has 0 bridgehead atoms. The van der Waals surface area contributed by atoms with E-state index in [2.05, 4.69) is 10.3 Å².